The largest absolute Gasteiger partial charge is 0.494 e. The number of alkyl halides is 4. The third kappa shape index (κ3) is 3.02. The molecule has 3 heterocycles. The molecule has 2 aliphatic carbocycles. The van der Waals surface area contributed by atoms with Gasteiger partial charge in [0.15, 0.2) is 11.6 Å². The van der Waals surface area contributed by atoms with Gasteiger partial charge in [0, 0.05) is 40.3 Å². The number of amides is 1. The number of aromatic nitrogens is 1. The first kappa shape index (κ1) is 21.5. The highest BCUT2D eigenvalue weighted by Gasteiger charge is 2.62. The minimum atomic E-state index is -5.44. The van der Waals surface area contributed by atoms with Crippen LogP contribution in [0.2, 0.25) is 0 Å². The van der Waals surface area contributed by atoms with Crippen molar-refractivity contribution in [2.24, 2.45) is 11.7 Å². The molecule has 5 nitrogen and oxygen atoms in total. The van der Waals surface area contributed by atoms with E-state index in [-0.39, 0.29) is 23.3 Å². The third-order valence-electron chi connectivity index (χ3n) is 7.50. The Morgan fingerprint density at radius 3 is 2.44 bits per heavy atom. The van der Waals surface area contributed by atoms with E-state index in [9.17, 15) is 22.4 Å². The van der Waals surface area contributed by atoms with Crippen LogP contribution in [0, 0.1) is 11.7 Å². The first-order valence-electron chi connectivity index (χ1n) is 10.7. The van der Waals surface area contributed by atoms with Crippen molar-refractivity contribution in [2.75, 3.05) is 7.11 Å². The van der Waals surface area contributed by atoms with Crippen molar-refractivity contribution < 1.29 is 31.5 Å². The van der Waals surface area contributed by atoms with Crippen molar-refractivity contribution in [2.45, 2.75) is 68.0 Å². The molecular formula is C22H24F5N3O2. The molecule has 2 saturated carbocycles. The second-order valence-corrected chi connectivity index (χ2v) is 9.60. The number of benzene rings is 1. The van der Waals surface area contributed by atoms with Crippen LogP contribution < -0.4 is 10.5 Å². The van der Waals surface area contributed by atoms with Gasteiger partial charge >= 0.3 is 6.18 Å². The molecule has 2 aromatic rings. The molecule has 1 amide bonds. The van der Waals surface area contributed by atoms with Crippen LogP contribution in [0.5, 0.6) is 5.75 Å². The van der Waals surface area contributed by atoms with Gasteiger partial charge in [-0.2, -0.15) is 13.2 Å². The Labute approximate surface area is 181 Å². The van der Waals surface area contributed by atoms with Crippen molar-refractivity contribution in [3.05, 3.63) is 29.7 Å². The summed E-state index contributed by atoms with van der Waals surface area (Å²) in [7, 11) is 1.16. The summed E-state index contributed by atoms with van der Waals surface area (Å²) in [5.41, 5.74) is 0.976. The maximum absolute atomic E-state index is 15.9. The molecule has 3 unspecified atom stereocenters. The lowest BCUT2D eigenvalue weighted by Crippen LogP contribution is -2.68. The van der Waals surface area contributed by atoms with Gasteiger partial charge in [0.2, 0.25) is 11.6 Å². The molecule has 6 rings (SSSR count). The number of piperidine rings is 2. The van der Waals surface area contributed by atoms with Gasteiger partial charge in [-0.05, 0) is 50.2 Å². The van der Waals surface area contributed by atoms with Crippen molar-refractivity contribution in [1.29, 1.82) is 0 Å². The summed E-state index contributed by atoms with van der Waals surface area (Å²) in [6, 6.07) is 1.98. The number of H-pyrrole nitrogens is 1. The summed E-state index contributed by atoms with van der Waals surface area (Å²) >= 11 is 0. The Balaban J connectivity index is 1.53. The van der Waals surface area contributed by atoms with Crippen LogP contribution in [0.4, 0.5) is 22.0 Å². The molecule has 32 heavy (non-hydrogen) atoms. The second kappa shape index (κ2) is 6.82. The first-order chi connectivity index (χ1) is 15.0. The van der Waals surface area contributed by atoms with Gasteiger partial charge in [0.25, 0.3) is 0 Å². The van der Waals surface area contributed by atoms with E-state index in [0.717, 1.165) is 19.7 Å². The van der Waals surface area contributed by atoms with Crippen LogP contribution in [-0.4, -0.2) is 46.7 Å². The fourth-order valence-electron chi connectivity index (χ4n) is 6.37. The average molecular weight is 457 g/mol. The highest BCUT2D eigenvalue weighted by Crippen LogP contribution is 2.53. The number of halogens is 5. The smallest absolute Gasteiger partial charge is 0.427 e. The van der Waals surface area contributed by atoms with Gasteiger partial charge in [-0.25, -0.2) is 8.78 Å². The van der Waals surface area contributed by atoms with Crippen LogP contribution in [0.1, 0.15) is 44.1 Å². The van der Waals surface area contributed by atoms with Crippen LogP contribution in [0.15, 0.2) is 18.3 Å². The monoisotopic (exact) mass is 457 g/mol. The Hall–Kier alpha value is -2.36. The van der Waals surface area contributed by atoms with E-state index in [1.165, 1.54) is 17.0 Å². The van der Waals surface area contributed by atoms with Crippen LogP contribution in [-0.2, 0) is 10.5 Å². The number of aromatic amines is 1. The summed E-state index contributed by atoms with van der Waals surface area (Å²) in [6.45, 7) is 0. The molecule has 2 aliphatic heterocycles. The van der Waals surface area contributed by atoms with Gasteiger partial charge < -0.3 is 20.4 Å². The summed E-state index contributed by atoms with van der Waals surface area (Å²) in [5, 5.41) is -0.571. The molecule has 1 aromatic heterocycles. The standard InChI is InChI=1S/C22H24F5N3O2/c1-32-16-3-2-15-18(19(16)23)14(10-29-15)21(24,22(25,26)27)9-17(31)30-12-4-11-5-13(30)8-20(28,6-11)7-12/h2-3,10-13,29H,4-9,28H2,1H3. The van der Waals surface area contributed by atoms with E-state index >= 15 is 4.39 Å². The summed E-state index contributed by atoms with van der Waals surface area (Å²) in [6.07, 6.45) is -2.88. The predicted octanol–water partition coefficient (Wildman–Crippen LogP) is 4.30. The highest BCUT2D eigenvalue weighted by atomic mass is 19.4. The molecular weight excluding hydrogens is 433 g/mol. The number of carbonyl (C=O) groups is 1. The van der Waals surface area contributed by atoms with Gasteiger partial charge in [-0.1, -0.05) is 0 Å². The normalized spacial score (nSPS) is 31.2. The molecule has 4 fully saturated rings. The fraction of sp³-hybridized carbons (Fsp3) is 0.591. The number of nitrogens with zero attached hydrogens (tertiary/aromatic N) is 1. The number of nitrogens with one attached hydrogen (secondary N) is 1. The van der Waals surface area contributed by atoms with Crippen LogP contribution in [0.25, 0.3) is 10.9 Å². The lowest BCUT2D eigenvalue weighted by Gasteiger charge is -2.60. The van der Waals surface area contributed by atoms with Gasteiger partial charge in [0.05, 0.1) is 13.5 Å². The predicted molar refractivity (Wildman–Crippen MR) is 106 cm³/mol. The molecule has 3 atom stereocenters. The van der Waals surface area contributed by atoms with E-state index in [0.29, 0.717) is 31.6 Å². The number of carbonyl (C=O) groups excluding carboxylic acids is 1. The van der Waals surface area contributed by atoms with Crippen LogP contribution >= 0.6 is 0 Å². The minimum absolute atomic E-state index is 0.0166. The Morgan fingerprint density at radius 1 is 1.22 bits per heavy atom. The van der Waals surface area contributed by atoms with Gasteiger partial charge in [0.1, 0.15) is 0 Å². The lowest BCUT2D eigenvalue weighted by molar-refractivity contribution is -0.239. The molecule has 3 N–H and O–H groups in total. The Kier molecular flexibility index (Phi) is 4.58. The van der Waals surface area contributed by atoms with Crippen molar-refractivity contribution in [3.8, 4) is 5.75 Å². The first-order valence-corrected chi connectivity index (χ1v) is 10.7. The number of nitrogens with two attached hydrogens (primary N) is 1. The molecule has 4 bridgehead atoms. The third-order valence-corrected chi connectivity index (χ3v) is 7.50. The number of fused-ring (bicyclic) bond motifs is 1. The van der Waals surface area contributed by atoms with Gasteiger partial charge in [-0.15, -0.1) is 0 Å². The molecule has 0 radical (unpaired) electrons. The lowest BCUT2D eigenvalue weighted by atomic mass is 9.60. The SMILES string of the molecule is COc1ccc2[nH]cc(C(F)(CC(=O)N3C4CC5CC3CC(N)(C5)C4)C(F)(F)F)c2c1F. The maximum atomic E-state index is 15.9. The Bertz CT molecular complexity index is 1070. The molecule has 174 valence electrons. The summed E-state index contributed by atoms with van der Waals surface area (Å²) < 4.78 is 78.0. The zero-order chi connectivity index (χ0) is 23.1. The molecule has 4 aliphatic rings. The summed E-state index contributed by atoms with van der Waals surface area (Å²) in [4.78, 5) is 17.1. The minimum Gasteiger partial charge on any atom is -0.494 e. The van der Waals surface area contributed by atoms with Gasteiger partial charge in [-0.3, -0.25) is 4.79 Å². The Morgan fingerprint density at radius 2 is 1.88 bits per heavy atom. The molecule has 1 aromatic carbocycles. The van der Waals surface area contributed by atoms with E-state index < -0.39 is 46.5 Å². The van der Waals surface area contributed by atoms with Crippen molar-refractivity contribution >= 4 is 16.8 Å². The topological polar surface area (TPSA) is 71.4 Å². The molecule has 2 saturated heterocycles. The van der Waals surface area contributed by atoms with E-state index in [2.05, 4.69) is 4.98 Å². The average Bonchev–Trinajstić information content (AvgIpc) is 3.11. The van der Waals surface area contributed by atoms with E-state index in [1.807, 2.05) is 0 Å². The molecule has 0 spiro atoms. The van der Waals surface area contributed by atoms with Crippen LogP contribution in [0.3, 0.4) is 0 Å². The van der Waals surface area contributed by atoms with E-state index in [1.54, 1.807) is 0 Å². The number of rotatable bonds is 4. The summed E-state index contributed by atoms with van der Waals surface area (Å²) in [5.74, 6) is -2.00. The molecule has 10 heteroatoms. The second-order valence-electron chi connectivity index (χ2n) is 9.60. The number of methoxy groups -OCH3 is 1. The zero-order valence-electron chi connectivity index (χ0n) is 17.4. The number of hydrogen-bond donors (Lipinski definition) is 2. The maximum Gasteiger partial charge on any atom is 0.427 e. The number of ether oxygens (including phenoxy) is 1. The number of hydrogen-bond acceptors (Lipinski definition) is 3. The quantitative estimate of drug-likeness (QED) is 0.673. The zero-order valence-corrected chi connectivity index (χ0v) is 17.4. The van der Waals surface area contributed by atoms with Crippen molar-refractivity contribution in [1.82, 2.24) is 9.88 Å². The fourth-order valence-corrected chi connectivity index (χ4v) is 6.37. The van der Waals surface area contributed by atoms with Crippen molar-refractivity contribution in [3.63, 3.8) is 0 Å². The highest BCUT2D eigenvalue weighted by molar-refractivity contribution is 5.88. The van der Waals surface area contributed by atoms with E-state index in [4.69, 9.17) is 10.5 Å².